The van der Waals surface area contributed by atoms with E-state index in [9.17, 15) is 9.59 Å². The normalized spacial score (nSPS) is 18.0. The molecule has 0 spiro atoms. The van der Waals surface area contributed by atoms with Crippen molar-refractivity contribution < 1.29 is 9.59 Å². The van der Waals surface area contributed by atoms with Crippen molar-refractivity contribution in [3.63, 3.8) is 0 Å². The zero-order valence-electron chi connectivity index (χ0n) is 11.1. The number of hydrogen-bond donors (Lipinski definition) is 3. The lowest BCUT2D eigenvalue weighted by atomic mass is 9.84. The summed E-state index contributed by atoms with van der Waals surface area (Å²) in [5.41, 5.74) is 1.65. The number of rotatable bonds is 1. The summed E-state index contributed by atoms with van der Waals surface area (Å²) in [4.78, 5) is 32.4. The minimum atomic E-state index is -0.621. The van der Waals surface area contributed by atoms with E-state index < -0.39 is 5.92 Å². The highest BCUT2D eigenvalue weighted by Gasteiger charge is 2.38. The molecule has 3 N–H and O–H groups in total. The molecule has 1 aliphatic rings. The predicted octanol–water partition coefficient (Wildman–Crippen LogP) is 3.11. The van der Waals surface area contributed by atoms with Crippen LogP contribution in [-0.4, -0.2) is 31.7 Å². The van der Waals surface area contributed by atoms with E-state index in [4.69, 9.17) is 12.2 Å². The van der Waals surface area contributed by atoms with Crippen molar-refractivity contribution in [2.24, 2.45) is 0 Å². The summed E-state index contributed by atoms with van der Waals surface area (Å²) in [6.45, 7) is 0. The standard InChI is InChI=1S/C14H9IN4O2S/c15-5-1-2-8-6(3-5)10-11(16-8)9(20)4-7(12(10)21)13-17-14(22)19-18-13/h1-3,7,16H,4H2,(H2,17,18,19,22). The maximum Gasteiger partial charge on any atom is 0.213 e. The first-order chi connectivity index (χ1) is 10.5. The zero-order chi connectivity index (χ0) is 15.4. The van der Waals surface area contributed by atoms with Gasteiger partial charge < -0.3 is 4.98 Å². The van der Waals surface area contributed by atoms with Crippen LogP contribution in [0.2, 0.25) is 0 Å². The molecule has 0 bridgehead atoms. The molecule has 2 aromatic heterocycles. The Morgan fingerprint density at radius 1 is 1.27 bits per heavy atom. The largest absolute Gasteiger partial charge is 0.351 e. The molecule has 6 nitrogen and oxygen atoms in total. The molecule has 0 fully saturated rings. The highest BCUT2D eigenvalue weighted by Crippen LogP contribution is 2.35. The summed E-state index contributed by atoms with van der Waals surface area (Å²) < 4.78 is 1.28. The fourth-order valence-corrected chi connectivity index (χ4v) is 3.49. The Hall–Kier alpha value is -1.81. The van der Waals surface area contributed by atoms with Crippen LogP contribution in [0.1, 0.15) is 39.0 Å². The maximum atomic E-state index is 12.9. The lowest BCUT2D eigenvalue weighted by molar-refractivity contribution is 0.0861. The number of nitrogens with zero attached hydrogens (tertiary/aromatic N) is 1. The first-order valence-corrected chi connectivity index (χ1v) is 8.06. The van der Waals surface area contributed by atoms with Crippen LogP contribution in [0.15, 0.2) is 18.2 Å². The fraction of sp³-hybridized carbons (Fsp3) is 0.143. The van der Waals surface area contributed by atoms with Gasteiger partial charge in [0.2, 0.25) is 4.77 Å². The monoisotopic (exact) mass is 424 g/mol. The van der Waals surface area contributed by atoms with Crippen LogP contribution in [-0.2, 0) is 0 Å². The average molecular weight is 424 g/mol. The van der Waals surface area contributed by atoms with Crippen molar-refractivity contribution in [2.75, 3.05) is 0 Å². The van der Waals surface area contributed by atoms with Gasteiger partial charge in [-0.1, -0.05) is 0 Å². The molecule has 8 heteroatoms. The number of ketones is 2. The molecule has 0 saturated carbocycles. The number of H-pyrrole nitrogens is 3. The minimum absolute atomic E-state index is 0.0892. The van der Waals surface area contributed by atoms with Gasteiger partial charge in [0.05, 0.1) is 17.2 Å². The van der Waals surface area contributed by atoms with Gasteiger partial charge in [0, 0.05) is 20.9 Å². The third-order valence-corrected chi connectivity index (χ3v) is 4.71. The summed E-state index contributed by atoms with van der Waals surface area (Å²) in [7, 11) is 0. The van der Waals surface area contributed by atoms with Crippen LogP contribution < -0.4 is 0 Å². The number of fused-ring (bicyclic) bond motifs is 3. The molecule has 0 amide bonds. The van der Waals surface area contributed by atoms with Gasteiger partial charge in [-0.3, -0.25) is 19.8 Å². The summed E-state index contributed by atoms with van der Waals surface area (Å²) in [5, 5.41) is 6.23. The Kier molecular flexibility index (Phi) is 3.05. The van der Waals surface area contributed by atoms with Crippen LogP contribution in [0.4, 0.5) is 0 Å². The Morgan fingerprint density at radius 2 is 2.09 bits per heavy atom. The number of benzene rings is 1. The first kappa shape index (κ1) is 13.8. The van der Waals surface area contributed by atoms with Crippen molar-refractivity contribution in [2.45, 2.75) is 12.3 Å². The summed E-state index contributed by atoms with van der Waals surface area (Å²) in [6, 6.07) is 5.72. The van der Waals surface area contributed by atoms with Gasteiger partial charge in [0.1, 0.15) is 5.82 Å². The summed E-state index contributed by atoms with van der Waals surface area (Å²) >= 11 is 7.11. The number of carbonyl (C=O) groups excluding carboxylic acids is 2. The van der Waals surface area contributed by atoms with Gasteiger partial charge in [-0.25, -0.2) is 4.98 Å². The lowest BCUT2D eigenvalue weighted by Gasteiger charge is -2.18. The lowest BCUT2D eigenvalue weighted by Crippen LogP contribution is -2.25. The maximum absolute atomic E-state index is 12.9. The topological polar surface area (TPSA) is 94.4 Å². The number of halogens is 1. The van der Waals surface area contributed by atoms with Crippen molar-refractivity contribution in [1.29, 1.82) is 0 Å². The molecular formula is C14H9IN4O2S. The molecule has 2 heterocycles. The van der Waals surface area contributed by atoms with Crippen LogP contribution in [0.25, 0.3) is 10.9 Å². The highest BCUT2D eigenvalue weighted by atomic mass is 127. The Morgan fingerprint density at radius 3 is 2.82 bits per heavy atom. The van der Waals surface area contributed by atoms with Crippen LogP contribution >= 0.6 is 34.8 Å². The molecule has 0 aliphatic heterocycles. The Labute approximate surface area is 142 Å². The van der Waals surface area contributed by atoms with E-state index in [0.717, 1.165) is 14.5 Å². The second-order valence-electron chi connectivity index (χ2n) is 5.16. The van der Waals surface area contributed by atoms with Crippen molar-refractivity contribution >= 4 is 57.3 Å². The van der Waals surface area contributed by atoms with Crippen LogP contribution in [0, 0.1) is 8.34 Å². The Balaban J connectivity index is 1.95. The third kappa shape index (κ3) is 1.97. The molecule has 1 aromatic carbocycles. The molecule has 0 radical (unpaired) electrons. The van der Waals surface area contributed by atoms with Gasteiger partial charge in [-0.15, -0.1) is 0 Å². The van der Waals surface area contributed by atoms with Crippen molar-refractivity contribution in [1.82, 2.24) is 20.2 Å². The quantitative estimate of drug-likeness (QED) is 0.414. The number of nitrogens with one attached hydrogen (secondary N) is 3. The van der Waals surface area contributed by atoms with Gasteiger partial charge in [0.15, 0.2) is 11.6 Å². The van der Waals surface area contributed by atoms with E-state index in [1.54, 1.807) is 0 Å². The van der Waals surface area contributed by atoms with E-state index in [0.29, 0.717) is 17.1 Å². The zero-order valence-corrected chi connectivity index (χ0v) is 14.0. The highest BCUT2D eigenvalue weighted by molar-refractivity contribution is 14.1. The molecular weight excluding hydrogens is 415 g/mol. The third-order valence-electron chi connectivity index (χ3n) is 3.84. The predicted molar refractivity (Wildman–Crippen MR) is 90.8 cm³/mol. The van der Waals surface area contributed by atoms with E-state index in [1.807, 2.05) is 18.2 Å². The molecule has 110 valence electrons. The van der Waals surface area contributed by atoms with Crippen LogP contribution in [0.5, 0.6) is 0 Å². The van der Waals surface area contributed by atoms with E-state index in [2.05, 4.69) is 42.8 Å². The molecule has 1 atom stereocenters. The first-order valence-electron chi connectivity index (χ1n) is 6.58. The number of hydrogen-bond acceptors (Lipinski definition) is 4. The molecule has 1 unspecified atom stereocenters. The minimum Gasteiger partial charge on any atom is -0.351 e. The molecule has 22 heavy (non-hydrogen) atoms. The van der Waals surface area contributed by atoms with Gasteiger partial charge >= 0.3 is 0 Å². The number of aromatic nitrogens is 4. The van der Waals surface area contributed by atoms with E-state index in [1.165, 1.54) is 0 Å². The van der Waals surface area contributed by atoms with Gasteiger partial charge in [-0.05, 0) is 53.0 Å². The summed E-state index contributed by atoms with van der Waals surface area (Å²) in [5.74, 6) is -0.410. The fourth-order valence-electron chi connectivity index (χ4n) is 2.85. The SMILES string of the molecule is O=C1CC(c2nc(=S)[nH][nH]2)C(=O)c2c1[nH]c1ccc(I)cc21. The molecule has 1 aliphatic carbocycles. The Bertz CT molecular complexity index is 1000. The van der Waals surface area contributed by atoms with E-state index in [-0.39, 0.29) is 22.8 Å². The second kappa shape index (κ2) is 4.85. The molecule has 0 saturated heterocycles. The second-order valence-corrected chi connectivity index (χ2v) is 6.79. The number of Topliss-reactive ketones (excluding diaryl/α,β-unsaturated/α-hetero) is 2. The van der Waals surface area contributed by atoms with Gasteiger partial charge in [-0.2, -0.15) is 0 Å². The number of carbonyl (C=O) groups is 2. The van der Waals surface area contributed by atoms with Crippen molar-refractivity contribution in [3.05, 3.63) is 43.6 Å². The summed E-state index contributed by atoms with van der Waals surface area (Å²) in [6.07, 6.45) is 0.0892. The molecule has 4 rings (SSSR count). The van der Waals surface area contributed by atoms with Crippen molar-refractivity contribution in [3.8, 4) is 0 Å². The number of aromatic amines is 3. The average Bonchev–Trinajstić information content (AvgIpc) is 3.06. The van der Waals surface area contributed by atoms with Crippen LogP contribution in [0.3, 0.4) is 0 Å². The smallest absolute Gasteiger partial charge is 0.213 e. The molecule has 3 aromatic rings. The van der Waals surface area contributed by atoms with Gasteiger partial charge in [0.25, 0.3) is 0 Å². The van der Waals surface area contributed by atoms with E-state index >= 15 is 0 Å².